The van der Waals surface area contributed by atoms with Gasteiger partial charge in [0, 0.05) is 11.6 Å². The highest BCUT2D eigenvalue weighted by molar-refractivity contribution is 6.03. The lowest BCUT2D eigenvalue weighted by Gasteiger charge is -2.06. The third kappa shape index (κ3) is 3.04. The summed E-state index contributed by atoms with van der Waals surface area (Å²) in [5.74, 6) is 0.318. The van der Waals surface area contributed by atoms with E-state index in [-0.39, 0.29) is 12.1 Å². The van der Waals surface area contributed by atoms with Gasteiger partial charge in [0.05, 0.1) is 5.69 Å². The molecule has 3 aromatic rings. The molecule has 1 aliphatic rings. The Morgan fingerprint density at radius 3 is 2.96 bits per heavy atom. The quantitative estimate of drug-likeness (QED) is 0.672. The first kappa shape index (κ1) is 13.8. The number of fused-ring (bicyclic) bond motifs is 1. The predicted molar refractivity (Wildman–Crippen MR) is 83.2 cm³/mol. The number of rotatable bonds is 5. The van der Waals surface area contributed by atoms with Crippen LogP contribution in [0, 0.1) is 0 Å². The van der Waals surface area contributed by atoms with Crippen LogP contribution in [0.2, 0.25) is 0 Å². The van der Waals surface area contributed by atoms with Gasteiger partial charge in [-0.25, -0.2) is 4.79 Å². The monoisotopic (exact) mass is 309 g/mol. The zero-order valence-electron chi connectivity index (χ0n) is 12.4. The summed E-state index contributed by atoms with van der Waals surface area (Å²) in [4.78, 5) is 16.3. The number of aromatic nitrogens is 1. The maximum Gasteiger partial charge on any atom is 0.342 e. The average molecular weight is 309 g/mol. The SMILES string of the molecule is O=C(OC1CC1)c1coc2ccc(OCc3ccccn3)cc12. The molecule has 5 heteroatoms. The minimum atomic E-state index is -0.340. The van der Waals surface area contributed by atoms with E-state index < -0.39 is 0 Å². The van der Waals surface area contributed by atoms with E-state index in [1.54, 1.807) is 18.3 Å². The minimum absolute atomic E-state index is 0.0658. The Balaban J connectivity index is 1.55. The molecule has 1 aliphatic carbocycles. The first-order valence-electron chi connectivity index (χ1n) is 7.54. The van der Waals surface area contributed by atoms with Crippen LogP contribution in [-0.4, -0.2) is 17.1 Å². The molecule has 0 spiro atoms. The largest absolute Gasteiger partial charge is 0.487 e. The Morgan fingerprint density at radius 1 is 1.26 bits per heavy atom. The van der Waals surface area contributed by atoms with Crippen molar-refractivity contribution in [1.82, 2.24) is 4.98 Å². The van der Waals surface area contributed by atoms with Crippen LogP contribution < -0.4 is 4.74 Å². The van der Waals surface area contributed by atoms with E-state index in [0.29, 0.717) is 28.9 Å². The summed E-state index contributed by atoms with van der Waals surface area (Å²) in [6.45, 7) is 0.367. The van der Waals surface area contributed by atoms with Crippen molar-refractivity contribution in [2.24, 2.45) is 0 Å². The molecule has 116 valence electrons. The Kier molecular flexibility index (Phi) is 3.46. The molecule has 0 aliphatic heterocycles. The van der Waals surface area contributed by atoms with E-state index in [1.807, 2.05) is 24.3 Å². The number of nitrogens with zero attached hydrogens (tertiary/aromatic N) is 1. The molecule has 23 heavy (non-hydrogen) atoms. The Labute approximate surface area is 132 Å². The van der Waals surface area contributed by atoms with Gasteiger partial charge < -0.3 is 13.9 Å². The van der Waals surface area contributed by atoms with Crippen molar-refractivity contribution in [3.8, 4) is 5.75 Å². The minimum Gasteiger partial charge on any atom is -0.487 e. The molecule has 0 bridgehead atoms. The number of pyridine rings is 1. The zero-order chi connectivity index (χ0) is 15.6. The maximum absolute atomic E-state index is 12.1. The molecule has 2 heterocycles. The van der Waals surface area contributed by atoms with Crippen LogP contribution in [0.15, 0.2) is 53.3 Å². The van der Waals surface area contributed by atoms with E-state index in [9.17, 15) is 4.79 Å². The van der Waals surface area contributed by atoms with E-state index in [4.69, 9.17) is 13.9 Å². The number of ether oxygens (including phenoxy) is 2. The maximum atomic E-state index is 12.1. The average Bonchev–Trinajstić information content (AvgIpc) is 3.29. The van der Waals surface area contributed by atoms with Crippen molar-refractivity contribution in [2.75, 3.05) is 0 Å². The van der Waals surface area contributed by atoms with Gasteiger partial charge in [-0.15, -0.1) is 0 Å². The summed E-state index contributed by atoms with van der Waals surface area (Å²) >= 11 is 0. The van der Waals surface area contributed by atoms with Gasteiger partial charge in [0.15, 0.2) is 0 Å². The number of benzene rings is 1. The van der Waals surface area contributed by atoms with Gasteiger partial charge in [0.1, 0.15) is 35.9 Å². The molecule has 0 saturated heterocycles. The second kappa shape index (κ2) is 5.76. The molecule has 5 nitrogen and oxygen atoms in total. The van der Waals surface area contributed by atoms with Crippen LogP contribution in [-0.2, 0) is 11.3 Å². The van der Waals surface area contributed by atoms with E-state index in [2.05, 4.69) is 4.98 Å². The molecule has 1 saturated carbocycles. The third-order valence-corrected chi connectivity index (χ3v) is 3.68. The van der Waals surface area contributed by atoms with Crippen molar-refractivity contribution < 1.29 is 18.7 Å². The molecule has 0 radical (unpaired) electrons. The van der Waals surface area contributed by atoms with Crippen molar-refractivity contribution in [3.63, 3.8) is 0 Å². The lowest BCUT2D eigenvalue weighted by molar-refractivity contribution is 0.0473. The van der Waals surface area contributed by atoms with Crippen LogP contribution in [0.4, 0.5) is 0 Å². The normalized spacial score (nSPS) is 13.9. The fourth-order valence-corrected chi connectivity index (χ4v) is 2.30. The van der Waals surface area contributed by atoms with Gasteiger partial charge in [0.25, 0.3) is 0 Å². The Hall–Kier alpha value is -2.82. The zero-order valence-corrected chi connectivity index (χ0v) is 12.4. The smallest absolute Gasteiger partial charge is 0.342 e. The molecule has 0 atom stereocenters. The second-order valence-corrected chi connectivity index (χ2v) is 5.52. The summed E-state index contributed by atoms with van der Waals surface area (Å²) in [7, 11) is 0. The molecule has 0 unspecified atom stereocenters. The Bertz CT molecular complexity index is 837. The van der Waals surface area contributed by atoms with Crippen molar-refractivity contribution >= 4 is 16.9 Å². The highest BCUT2D eigenvalue weighted by Gasteiger charge is 2.28. The van der Waals surface area contributed by atoms with Crippen LogP contribution in [0.25, 0.3) is 11.0 Å². The number of furan rings is 1. The van der Waals surface area contributed by atoms with Crippen molar-refractivity contribution in [2.45, 2.75) is 25.6 Å². The molecule has 2 aromatic heterocycles. The fraction of sp³-hybridized carbons (Fsp3) is 0.222. The van der Waals surface area contributed by atoms with Gasteiger partial charge >= 0.3 is 5.97 Å². The molecular formula is C18H15NO4. The molecule has 1 aromatic carbocycles. The topological polar surface area (TPSA) is 61.6 Å². The summed E-state index contributed by atoms with van der Waals surface area (Å²) in [5.41, 5.74) is 1.92. The lowest BCUT2D eigenvalue weighted by Crippen LogP contribution is -2.05. The van der Waals surface area contributed by atoms with Crippen LogP contribution in [0.5, 0.6) is 5.75 Å². The standard InChI is InChI=1S/C18H15NO4/c20-18(23-13-4-5-13)16-11-22-17-7-6-14(9-15(16)17)21-10-12-3-1-2-8-19-12/h1-3,6-9,11,13H,4-5,10H2. The van der Waals surface area contributed by atoms with Gasteiger partial charge in [-0.3, -0.25) is 4.98 Å². The first-order chi connectivity index (χ1) is 11.3. The highest BCUT2D eigenvalue weighted by Crippen LogP contribution is 2.30. The fourth-order valence-electron chi connectivity index (χ4n) is 2.30. The predicted octanol–water partition coefficient (Wildman–Crippen LogP) is 3.73. The molecule has 0 N–H and O–H groups in total. The molecule has 4 rings (SSSR count). The summed E-state index contributed by atoms with van der Waals surface area (Å²) in [6.07, 6.45) is 5.12. The van der Waals surface area contributed by atoms with E-state index in [1.165, 1.54) is 6.26 Å². The van der Waals surface area contributed by atoms with Crippen molar-refractivity contribution in [3.05, 3.63) is 60.1 Å². The summed E-state index contributed by atoms with van der Waals surface area (Å²) in [6, 6.07) is 11.1. The number of hydrogen-bond donors (Lipinski definition) is 0. The van der Waals surface area contributed by atoms with Gasteiger partial charge in [-0.05, 0) is 43.2 Å². The molecular weight excluding hydrogens is 294 g/mol. The van der Waals surface area contributed by atoms with Crippen LogP contribution in [0.3, 0.4) is 0 Å². The number of carbonyl (C=O) groups excluding carboxylic acids is 1. The third-order valence-electron chi connectivity index (χ3n) is 3.68. The number of carbonyl (C=O) groups is 1. The van der Waals surface area contributed by atoms with E-state index in [0.717, 1.165) is 18.5 Å². The van der Waals surface area contributed by atoms with Crippen molar-refractivity contribution in [1.29, 1.82) is 0 Å². The van der Waals surface area contributed by atoms with Gasteiger partial charge in [-0.1, -0.05) is 6.07 Å². The number of hydrogen-bond acceptors (Lipinski definition) is 5. The second-order valence-electron chi connectivity index (χ2n) is 5.52. The lowest BCUT2D eigenvalue weighted by atomic mass is 10.1. The van der Waals surface area contributed by atoms with E-state index >= 15 is 0 Å². The first-order valence-corrected chi connectivity index (χ1v) is 7.54. The summed E-state index contributed by atoms with van der Waals surface area (Å²) in [5, 5.41) is 0.703. The van der Waals surface area contributed by atoms with Gasteiger partial charge in [0.2, 0.25) is 0 Å². The molecule has 1 fully saturated rings. The summed E-state index contributed by atoms with van der Waals surface area (Å²) < 4.78 is 16.5. The van der Waals surface area contributed by atoms with Gasteiger partial charge in [-0.2, -0.15) is 0 Å². The highest BCUT2D eigenvalue weighted by atomic mass is 16.5. The Morgan fingerprint density at radius 2 is 2.17 bits per heavy atom. The van der Waals surface area contributed by atoms with Crippen LogP contribution >= 0.6 is 0 Å². The molecule has 0 amide bonds. The number of esters is 1. The van der Waals surface area contributed by atoms with Crippen LogP contribution in [0.1, 0.15) is 28.9 Å².